The maximum atomic E-state index is 13.3. The third-order valence-electron chi connectivity index (χ3n) is 5.32. The molecule has 1 aromatic carbocycles. The number of nitrogens with zero attached hydrogens (tertiary/aromatic N) is 3. The summed E-state index contributed by atoms with van der Waals surface area (Å²) in [5.74, 6) is 0.629. The lowest BCUT2D eigenvalue weighted by molar-refractivity contribution is -0.119. The van der Waals surface area contributed by atoms with Crippen LogP contribution >= 0.6 is 0 Å². The highest BCUT2D eigenvalue weighted by Crippen LogP contribution is 2.37. The molecule has 0 bridgehead atoms. The van der Waals surface area contributed by atoms with Crippen molar-refractivity contribution in [1.82, 2.24) is 9.55 Å². The molecule has 2 aromatic rings. The highest BCUT2D eigenvalue weighted by molar-refractivity contribution is 5.90. The second-order valence-electron chi connectivity index (χ2n) is 7.79. The van der Waals surface area contributed by atoms with Crippen LogP contribution in [0, 0.1) is 5.92 Å². The van der Waals surface area contributed by atoms with E-state index in [4.69, 9.17) is 15.2 Å². The van der Waals surface area contributed by atoms with Gasteiger partial charge in [-0.25, -0.2) is 23.5 Å². The Morgan fingerprint density at radius 2 is 2.10 bits per heavy atom. The number of benzene rings is 1. The van der Waals surface area contributed by atoms with Crippen molar-refractivity contribution in [3.8, 4) is 17.1 Å². The van der Waals surface area contributed by atoms with Gasteiger partial charge in [-0.1, -0.05) is 13.8 Å². The number of cyclic esters (lactones) is 1. The number of halogens is 2. The molecule has 0 unspecified atom stereocenters. The molecule has 1 saturated heterocycles. The quantitative estimate of drug-likeness (QED) is 0.721. The summed E-state index contributed by atoms with van der Waals surface area (Å²) in [6.45, 7) is 4.11. The summed E-state index contributed by atoms with van der Waals surface area (Å²) in [5, 5.41) is 3.11. The zero-order valence-electron chi connectivity index (χ0n) is 17.0. The minimum atomic E-state index is -2.75. The Labute approximate surface area is 177 Å². The second kappa shape index (κ2) is 8.05. The lowest BCUT2D eigenvalue weighted by atomic mass is 10.0. The van der Waals surface area contributed by atoms with Crippen molar-refractivity contribution >= 4 is 23.5 Å². The number of ether oxygens (including phenoxy) is 2. The van der Waals surface area contributed by atoms with Gasteiger partial charge in [0.05, 0.1) is 12.1 Å². The Kier molecular flexibility index (Phi) is 5.42. The number of hydrogen-bond acceptors (Lipinski definition) is 6. The molecule has 1 aromatic heterocycles. The van der Waals surface area contributed by atoms with Crippen molar-refractivity contribution in [2.75, 3.05) is 23.4 Å². The van der Waals surface area contributed by atoms with Crippen LogP contribution in [0.25, 0.3) is 11.4 Å². The van der Waals surface area contributed by atoms with Crippen LogP contribution in [0.15, 0.2) is 24.4 Å². The van der Waals surface area contributed by atoms with Crippen molar-refractivity contribution in [2.24, 2.45) is 11.7 Å². The van der Waals surface area contributed by atoms with Gasteiger partial charge in [-0.15, -0.1) is 0 Å². The largest absolute Gasteiger partial charge is 0.491 e. The predicted molar refractivity (Wildman–Crippen MR) is 108 cm³/mol. The molecule has 166 valence electrons. The number of carbonyl (C=O) groups excluding carboxylic acids is 2. The van der Waals surface area contributed by atoms with Gasteiger partial charge < -0.3 is 25.1 Å². The molecule has 11 heteroatoms. The highest BCUT2D eigenvalue weighted by atomic mass is 19.3. The fourth-order valence-electron chi connectivity index (χ4n) is 3.70. The molecule has 1 fully saturated rings. The summed E-state index contributed by atoms with van der Waals surface area (Å²) in [6, 6.07) is 3.33. The molecular weight excluding hydrogens is 412 g/mol. The van der Waals surface area contributed by atoms with Crippen LogP contribution in [0.1, 0.15) is 13.8 Å². The maximum Gasteiger partial charge on any atom is 0.416 e. The molecule has 2 atom stereocenters. The van der Waals surface area contributed by atoms with Gasteiger partial charge in [0.25, 0.3) is 6.43 Å². The summed E-state index contributed by atoms with van der Waals surface area (Å²) in [4.78, 5) is 29.1. The summed E-state index contributed by atoms with van der Waals surface area (Å²) in [7, 11) is 0. The van der Waals surface area contributed by atoms with Gasteiger partial charge >= 0.3 is 6.09 Å². The van der Waals surface area contributed by atoms with Gasteiger partial charge in [-0.3, -0.25) is 4.79 Å². The lowest BCUT2D eigenvalue weighted by Gasteiger charge is -2.21. The molecule has 9 nitrogen and oxygen atoms in total. The van der Waals surface area contributed by atoms with E-state index < -0.39 is 30.5 Å². The van der Waals surface area contributed by atoms with Crippen LogP contribution < -0.4 is 20.7 Å². The fourth-order valence-corrected chi connectivity index (χ4v) is 3.70. The van der Waals surface area contributed by atoms with E-state index in [0.717, 1.165) is 4.90 Å². The van der Waals surface area contributed by atoms with Crippen LogP contribution in [-0.4, -0.2) is 53.3 Å². The Morgan fingerprint density at radius 1 is 1.32 bits per heavy atom. The number of imidazole rings is 1. The number of carbonyl (C=O) groups is 2. The first kappa shape index (κ1) is 20.9. The zero-order valence-corrected chi connectivity index (χ0v) is 17.0. The number of anilines is 2. The number of nitrogens with two attached hydrogens (primary N) is 1. The predicted octanol–water partition coefficient (Wildman–Crippen LogP) is 2.45. The van der Waals surface area contributed by atoms with Gasteiger partial charge in [0.1, 0.15) is 36.9 Å². The van der Waals surface area contributed by atoms with E-state index in [1.807, 2.05) is 13.8 Å². The standard InChI is InChI=1S/C20H23F2N5O4/c1-10(2)16(18(23)28)24-11-3-4-12-14(7-11)30-6-5-26-8-15(25-19(12)26)27-13(17(21)22)9-31-20(27)29/h3-4,7-8,10,13,16-17,24H,5-6,9H2,1-2H3,(H2,23,28)/t13-,16-/m0/s1. The van der Waals surface area contributed by atoms with Gasteiger partial charge in [0.2, 0.25) is 5.91 Å². The molecule has 0 aliphatic carbocycles. The summed E-state index contributed by atoms with van der Waals surface area (Å²) < 4.78 is 39.0. The highest BCUT2D eigenvalue weighted by Gasteiger charge is 2.42. The van der Waals surface area contributed by atoms with Gasteiger partial charge in [0, 0.05) is 18.0 Å². The van der Waals surface area contributed by atoms with E-state index in [1.54, 1.807) is 29.0 Å². The molecule has 4 rings (SSSR count). The Hall–Kier alpha value is -3.37. The van der Waals surface area contributed by atoms with Crippen LogP contribution in [-0.2, 0) is 16.1 Å². The van der Waals surface area contributed by atoms with Gasteiger partial charge in [-0.05, 0) is 18.1 Å². The first-order valence-corrected chi connectivity index (χ1v) is 9.90. The van der Waals surface area contributed by atoms with E-state index in [9.17, 15) is 18.4 Å². The number of primary amides is 1. The number of fused-ring (bicyclic) bond motifs is 3. The average Bonchev–Trinajstić information content (AvgIpc) is 3.25. The van der Waals surface area contributed by atoms with Crippen LogP contribution in [0.4, 0.5) is 25.1 Å². The Balaban J connectivity index is 1.67. The molecule has 0 radical (unpaired) electrons. The van der Waals surface area contributed by atoms with E-state index >= 15 is 0 Å². The summed E-state index contributed by atoms with van der Waals surface area (Å²) in [6.07, 6.45) is -2.05. The first-order chi connectivity index (χ1) is 14.8. The average molecular weight is 435 g/mol. The normalized spacial score (nSPS) is 18.8. The number of aromatic nitrogens is 2. The minimum Gasteiger partial charge on any atom is -0.491 e. The molecule has 2 aliphatic rings. The summed E-state index contributed by atoms with van der Waals surface area (Å²) >= 11 is 0. The molecule has 31 heavy (non-hydrogen) atoms. The number of nitrogens with one attached hydrogen (secondary N) is 1. The second-order valence-corrected chi connectivity index (χ2v) is 7.79. The SMILES string of the molecule is CC(C)[C@H](Nc1ccc2c(c1)OCCn1cc(N3C(=O)OC[C@H]3C(F)F)nc1-2)C(N)=O. The molecule has 2 amide bonds. The molecular formula is C20H23F2N5O4. The first-order valence-electron chi connectivity index (χ1n) is 9.90. The van der Waals surface area contributed by atoms with Crippen LogP contribution in [0.5, 0.6) is 5.75 Å². The van der Waals surface area contributed by atoms with Gasteiger partial charge in [0.15, 0.2) is 5.82 Å². The summed E-state index contributed by atoms with van der Waals surface area (Å²) in [5.41, 5.74) is 6.76. The Morgan fingerprint density at radius 3 is 2.77 bits per heavy atom. The van der Waals surface area contributed by atoms with Crippen molar-refractivity contribution in [3.63, 3.8) is 0 Å². The van der Waals surface area contributed by atoms with Gasteiger partial charge in [-0.2, -0.15) is 0 Å². The Bertz CT molecular complexity index is 1010. The van der Waals surface area contributed by atoms with E-state index in [2.05, 4.69) is 10.3 Å². The van der Waals surface area contributed by atoms with E-state index in [0.29, 0.717) is 36.0 Å². The molecule has 2 aliphatic heterocycles. The smallest absolute Gasteiger partial charge is 0.416 e. The maximum absolute atomic E-state index is 13.3. The number of alkyl halides is 2. The van der Waals surface area contributed by atoms with E-state index in [1.165, 1.54) is 0 Å². The molecule has 0 spiro atoms. The van der Waals surface area contributed by atoms with Crippen LogP contribution in [0.3, 0.4) is 0 Å². The van der Waals surface area contributed by atoms with E-state index in [-0.39, 0.29) is 18.3 Å². The zero-order chi connectivity index (χ0) is 22.3. The number of rotatable bonds is 6. The van der Waals surface area contributed by atoms with Crippen molar-refractivity contribution in [2.45, 2.75) is 38.9 Å². The fraction of sp³-hybridized carbons (Fsp3) is 0.450. The topological polar surface area (TPSA) is 112 Å². The number of amides is 2. The molecule has 0 saturated carbocycles. The third kappa shape index (κ3) is 3.87. The molecule has 3 N–H and O–H groups in total. The van der Waals surface area contributed by atoms with Crippen molar-refractivity contribution < 1.29 is 27.8 Å². The number of hydrogen-bond donors (Lipinski definition) is 2. The van der Waals surface area contributed by atoms with Crippen molar-refractivity contribution in [1.29, 1.82) is 0 Å². The monoisotopic (exact) mass is 435 g/mol. The van der Waals surface area contributed by atoms with Crippen molar-refractivity contribution in [3.05, 3.63) is 24.4 Å². The lowest BCUT2D eigenvalue weighted by Crippen LogP contribution is -2.39. The van der Waals surface area contributed by atoms with Crippen LogP contribution in [0.2, 0.25) is 0 Å². The molecule has 3 heterocycles. The third-order valence-corrected chi connectivity index (χ3v) is 5.32. The minimum absolute atomic E-state index is 0.0123.